The third kappa shape index (κ3) is 3.22. The molecule has 1 heterocycles. The molecular weight excluding hydrogens is 332 g/mol. The maximum Gasteiger partial charge on any atom is 0.338 e. The molecule has 0 aliphatic carbocycles. The first kappa shape index (κ1) is 17.8. The second-order valence-electron chi connectivity index (χ2n) is 5.92. The van der Waals surface area contributed by atoms with Crippen molar-refractivity contribution in [3.63, 3.8) is 0 Å². The van der Waals surface area contributed by atoms with Gasteiger partial charge in [-0.3, -0.25) is 0 Å². The first-order valence-electron chi connectivity index (χ1n) is 8.66. The summed E-state index contributed by atoms with van der Waals surface area (Å²) in [5, 5.41) is 7.43. The summed E-state index contributed by atoms with van der Waals surface area (Å²) in [5.74, 6) is 0.172. The molecule has 6 nitrogen and oxygen atoms in total. The Labute approximate surface area is 152 Å². The van der Waals surface area contributed by atoms with E-state index in [0.29, 0.717) is 23.6 Å². The van der Waals surface area contributed by atoms with Crippen LogP contribution >= 0.6 is 0 Å². The van der Waals surface area contributed by atoms with Crippen molar-refractivity contribution in [3.05, 3.63) is 53.2 Å². The van der Waals surface area contributed by atoms with Gasteiger partial charge in [-0.05, 0) is 37.6 Å². The Kier molecular flexibility index (Phi) is 5.11. The molecule has 136 valence electrons. The van der Waals surface area contributed by atoms with Crippen LogP contribution in [0.1, 0.15) is 32.4 Å². The van der Waals surface area contributed by atoms with Crippen LogP contribution in [-0.4, -0.2) is 25.2 Å². The van der Waals surface area contributed by atoms with E-state index in [2.05, 4.69) is 10.6 Å². The molecule has 0 fully saturated rings. The number of benzene rings is 2. The third-order valence-electron chi connectivity index (χ3n) is 4.28. The highest BCUT2D eigenvalue weighted by molar-refractivity contribution is 5.98. The number of ether oxygens (including phenoxy) is 2. The molecule has 0 spiro atoms. The topological polar surface area (TPSA) is 76.7 Å². The van der Waals surface area contributed by atoms with Gasteiger partial charge in [0.05, 0.1) is 24.8 Å². The minimum absolute atomic E-state index is 0.254. The van der Waals surface area contributed by atoms with Gasteiger partial charge >= 0.3 is 12.0 Å². The lowest BCUT2D eigenvalue weighted by Gasteiger charge is -2.30. The summed E-state index contributed by atoms with van der Waals surface area (Å²) in [6.45, 7) is 6.07. The van der Waals surface area contributed by atoms with Crippen molar-refractivity contribution in [3.8, 4) is 5.75 Å². The van der Waals surface area contributed by atoms with Gasteiger partial charge in [-0.15, -0.1) is 0 Å². The molecule has 0 saturated heterocycles. The van der Waals surface area contributed by atoms with Crippen molar-refractivity contribution < 1.29 is 19.1 Å². The highest BCUT2D eigenvalue weighted by Crippen LogP contribution is 2.38. The van der Waals surface area contributed by atoms with Crippen LogP contribution in [0.3, 0.4) is 0 Å². The molecule has 0 unspecified atom stereocenters. The Morgan fingerprint density at radius 1 is 1.12 bits per heavy atom. The van der Waals surface area contributed by atoms with Crippen LogP contribution in [0.5, 0.6) is 5.75 Å². The second kappa shape index (κ2) is 7.47. The normalized spacial score (nSPS) is 16.9. The van der Waals surface area contributed by atoms with Gasteiger partial charge < -0.3 is 20.1 Å². The predicted molar refractivity (Wildman–Crippen MR) is 98.9 cm³/mol. The molecule has 0 bridgehead atoms. The van der Waals surface area contributed by atoms with E-state index >= 15 is 0 Å². The molecule has 6 heteroatoms. The number of fused-ring (bicyclic) bond motifs is 1. The highest BCUT2D eigenvalue weighted by Gasteiger charge is 2.34. The van der Waals surface area contributed by atoms with Crippen LogP contribution in [0.15, 0.2) is 47.7 Å². The fraction of sp³-hybridized carbons (Fsp3) is 0.300. The molecule has 1 aliphatic heterocycles. The van der Waals surface area contributed by atoms with E-state index in [0.717, 1.165) is 16.3 Å². The van der Waals surface area contributed by atoms with E-state index in [1.807, 2.05) is 43.3 Å². The Hall–Kier alpha value is -3.02. The minimum atomic E-state index is -0.657. The molecule has 2 aromatic rings. The molecule has 0 radical (unpaired) electrons. The summed E-state index contributed by atoms with van der Waals surface area (Å²) < 4.78 is 11.0. The fourth-order valence-electron chi connectivity index (χ4n) is 3.24. The number of carbonyl (C=O) groups is 2. The van der Waals surface area contributed by atoms with E-state index in [1.165, 1.54) is 0 Å². The minimum Gasteiger partial charge on any atom is -0.493 e. The molecule has 26 heavy (non-hydrogen) atoms. The van der Waals surface area contributed by atoms with Crippen LogP contribution in [-0.2, 0) is 9.53 Å². The number of esters is 1. The average Bonchev–Trinajstić information content (AvgIpc) is 2.61. The SMILES string of the molecule is CCOC(=O)C1=C(C)NC(=O)N[C@@H]1c1c(OCC)ccc2ccccc12. The first-order chi connectivity index (χ1) is 12.6. The van der Waals surface area contributed by atoms with Crippen LogP contribution in [0.4, 0.5) is 4.79 Å². The number of rotatable bonds is 5. The lowest BCUT2D eigenvalue weighted by atomic mass is 9.90. The number of carbonyl (C=O) groups excluding carboxylic acids is 2. The quantitative estimate of drug-likeness (QED) is 0.807. The van der Waals surface area contributed by atoms with Crippen LogP contribution in [0, 0.1) is 0 Å². The van der Waals surface area contributed by atoms with E-state index in [1.54, 1.807) is 13.8 Å². The number of amides is 2. The standard InChI is InChI=1S/C20H22N2O4/c1-4-25-15-11-10-13-8-6-7-9-14(13)17(15)18-16(19(23)26-5-2)12(3)21-20(24)22-18/h6-11,18H,4-5H2,1-3H3,(H2,21,22,24)/t18-/m0/s1. The lowest BCUT2D eigenvalue weighted by molar-refractivity contribution is -0.139. The molecule has 2 aromatic carbocycles. The van der Waals surface area contributed by atoms with Crippen molar-refractivity contribution in [2.75, 3.05) is 13.2 Å². The summed E-state index contributed by atoms with van der Waals surface area (Å²) in [6.07, 6.45) is 0. The van der Waals surface area contributed by atoms with Crippen molar-refractivity contribution in [2.45, 2.75) is 26.8 Å². The van der Waals surface area contributed by atoms with Gasteiger partial charge in [-0.2, -0.15) is 0 Å². The number of hydrogen-bond donors (Lipinski definition) is 2. The molecule has 2 amide bonds. The zero-order valence-corrected chi connectivity index (χ0v) is 15.1. The average molecular weight is 354 g/mol. The van der Waals surface area contributed by atoms with E-state index in [4.69, 9.17) is 9.47 Å². The smallest absolute Gasteiger partial charge is 0.338 e. The Balaban J connectivity index is 2.24. The Morgan fingerprint density at radius 3 is 2.62 bits per heavy atom. The number of nitrogens with one attached hydrogen (secondary N) is 2. The van der Waals surface area contributed by atoms with E-state index in [-0.39, 0.29) is 12.6 Å². The van der Waals surface area contributed by atoms with Gasteiger partial charge in [-0.25, -0.2) is 9.59 Å². The van der Waals surface area contributed by atoms with Gasteiger partial charge in [0.1, 0.15) is 5.75 Å². The van der Waals surface area contributed by atoms with Gasteiger partial charge in [0.2, 0.25) is 0 Å². The summed E-state index contributed by atoms with van der Waals surface area (Å²) in [6, 6.07) is 10.6. The molecule has 1 aliphatic rings. The maximum atomic E-state index is 12.6. The molecule has 0 saturated carbocycles. The third-order valence-corrected chi connectivity index (χ3v) is 4.28. The van der Waals surface area contributed by atoms with Gasteiger partial charge in [-0.1, -0.05) is 30.3 Å². The predicted octanol–water partition coefficient (Wildman–Crippen LogP) is 3.43. The van der Waals surface area contributed by atoms with Gasteiger partial charge in [0.25, 0.3) is 0 Å². The first-order valence-corrected chi connectivity index (χ1v) is 8.66. The van der Waals surface area contributed by atoms with E-state index < -0.39 is 12.0 Å². The zero-order chi connectivity index (χ0) is 18.7. The lowest BCUT2D eigenvalue weighted by Crippen LogP contribution is -2.45. The van der Waals surface area contributed by atoms with Crippen LogP contribution in [0.25, 0.3) is 10.8 Å². The van der Waals surface area contributed by atoms with Crippen molar-refractivity contribution in [1.29, 1.82) is 0 Å². The molecule has 3 rings (SSSR count). The number of hydrogen-bond acceptors (Lipinski definition) is 4. The monoisotopic (exact) mass is 354 g/mol. The van der Waals surface area contributed by atoms with Crippen LogP contribution in [0.2, 0.25) is 0 Å². The molecular formula is C20H22N2O4. The fourth-order valence-corrected chi connectivity index (χ4v) is 3.24. The molecule has 1 atom stereocenters. The molecule has 0 aromatic heterocycles. The van der Waals surface area contributed by atoms with Crippen molar-refractivity contribution in [2.24, 2.45) is 0 Å². The summed E-state index contributed by atoms with van der Waals surface area (Å²) >= 11 is 0. The van der Waals surface area contributed by atoms with E-state index in [9.17, 15) is 9.59 Å². The van der Waals surface area contributed by atoms with Crippen molar-refractivity contribution in [1.82, 2.24) is 10.6 Å². The molecule has 2 N–H and O–H groups in total. The van der Waals surface area contributed by atoms with Gasteiger partial charge in [0, 0.05) is 11.3 Å². The van der Waals surface area contributed by atoms with Crippen LogP contribution < -0.4 is 15.4 Å². The summed E-state index contributed by atoms with van der Waals surface area (Å²) in [5.41, 5.74) is 1.61. The highest BCUT2D eigenvalue weighted by atomic mass is 16.5. The Morgan fingerprint density at radius 2 is 1.88 bits per heavy atom. The van der Waals surface area contributed by atoms with Gasteiger partial charge in [0.15, 0.2) is 0 Å². The Bertz CT molecular complexity index is 889. The largest absolute Gasteiger partial charge is 0.493 e. The van der Waals surface area contributed by atoms with Crippen molar-refractivity contribution >= 4 is 22.8 Å². The number of allylic oxidation sites excluding steroid dienone is 1. The summed E-state index contributed by atoms with van der Waals surface area (Å²) in [7, 11) is 0. The maximum absolute atomic E-state index is 12.6. The summed E-state index contributed by atoms with van der Waals surface area (Å²) in [4.78, 5) is 24.7. The second-order valence-corrected chi connectivity index (χ2v) is 5.92. The zero-order valence-electron chi connectivity index (χ0n) is 15.1. The number of urea groups is 1.